The van der Waals surface area contributed by atoms with Crippen LogP contribution >= 0.6 is 34.7 Å². The van der Waals surface area contributed by atoms with Gasteiger partial charge in [-0.25, -0.2) is 4.98 Å². The zero-order valence-electron chi connectivity index (χ0n) is 14.4. The van der Waals surface area contributed by atoms with Crippen LogP contribution in [0.5, 0.6) is 0 Å². The van der Waals surface area contributed by atoms with E-state index in [-0.39, 0.29) is 5.91 Å². The van der Waals surface area contributed by atoms with Crippen LogP contribution in [0.1, 0.15) is 11.3 Å². The van der Waals surface area contributed by atoms with Crippen LogP contribution < -0.4 is 5.32 Å². The van der Waals surface area contributed by atoms with Gasteiger partial charge in [0, 0.05) is 42.3 Å². The number of rotatable bonds is 8. The smallest absolute Gasteiger partial charge is 0.226 e. The molecule has 1 saturated heterocycles. The first kappa shape index (κ1) is 19.6. The van der Waals surface area contributed by atoms with Crippen LogP contribution in [0.25, 0.3) is 0 Å². The van der Waals surface area contributed by atoms with E-state index in [9.17, 15) is 4.79 Å². The summed E-state index contributed by atoms with van der Waals surface area (Å²) in [5, 5.41) is 5.68. The number of halogens is 1. The van der Waals surface area contributed by atoms with Gasteiger partial charge in [-0.3, -0.25) is 9.69 Å². The third-order valence-corrected chi connectivity index (χ3v) is 6.39. The summed E-state index contributed by atoms with van der Waals surface area (Å²) in [6, 6.07) is 7.83. The molecule has 0 unspecified atom stereocenters. The van der Waals surface area contributed by atoms with Gasteiger partial charge in [-0.05, 0) is 17.7 Å². The van der Waals surface area contributed by atoms with Gasteiger partial charge in [-0.15, -0.1) is 11.3 Å². The molecule has 1 amide bonds. The van der Waals surface area contributed by atoms with Crippen LogP contribution in [0, 0.1) is 0 Å². The maximum Gasteiger partial charge on any atom is 0.226 e. The predicted molar refractivity (Wildman–Crippen MR) is 107 cm³/mol. The first-order valence-corrected chi connectivity index (χ1v) is 10.8. The number of nitrogens with zero attached hydrogens (tertiary/aromatic N) is 2. The Hall–Kier alpha value is -1.12. The molecule has 0 saturated carbocycles. The van der Waals surface area contributed by atoms with Crippen LogP contribution in [-0.2, 0) is 21.7 Å². The van der Waals surface area contributed by atoms with Gasteiger partial charge < -0.3 is 10.1 Å². The van der Waals surface area contributed by atoms with Gasteiger partial charge in [-0.2, -0.15) is 0 Å². The van der Waals surface area contributed by atoms with E-state index >= 15 is 0 Å². The number of hydrogen-bond acceptors (Lipinski definition) is 6. The molecule has 1 aliphatic heterocycles. The topological polar surface area (TPSA) is 54.5 Å². The average molecular weight is 412 g/mol. The molecule has 1 aromatic carbocycles. The molecule has 1 aromatic heterocycles. The van der Waals surface area contributed by atoms with E-state index in [1.54, 1.807) is 23.1 Å². The number of morpholine rings is 1. The average Bonchev–Trinajstić information content (AvgIpc) is 3.09. The molecule has 0 spiro atoms. The van der Waals surface area contributed by atoms with Crippen molar-refractivity contribution in [1.29, 1.82) is 0 Å². The second-order valence-electron chi connectivity index (χ2n) is 6.00. The number of carbonyl (C=O) groups excluding carboxylic acids is 1. The second kappa shape index (κ2) is 10.3. The van der Waals surface area contributed by atoms with Crippen LogP contribution in [-0.4, -0.2) is 55.2 Å². The largest absolute Gasteiger partial charge is 0.379 e. The quantitative estimate of drug-likeness (QED) is 0.676. The fourth-order valence-corrected chi connectivity index (χ4v) is 4.49. The van der Waals surface area contributed by atoms with Crippen molar-refractivity contribution >= 4 is 40.6 Å². The van der Waals surface area contributed by atoms with E-state index in [0.29, 0.717) is 13.0 Å². The Morgan fingerprint density at radius 3 is 2.85 bits per heavy atom. The van der Waals surface area contributed by atoms with Gasteiger partial charge >= 0.3 is 0 Å². The zero-order chi connectivity index (χ0) is 18.2. The van der Waals surface area contributed by atoms with Crippen molar-refractivity contribution in [1.82, 2.24) is 15.2 Å². The molecular formula is C18H22ClN3O2S2. The molecule has 0 aliphatic carbocycles. The van der Waals surface area contributed by atoms with Crippen molar-refractivity contribution in [2.24, 2.45) is 0 Å². The zero-order valence-corrected chi connectivity index (χ0v) is 16.8. The van der Waals surface area contributed by atoms with E-state index in [4.69, 9.17) is 16.3 Å². The predicted octanol–water partition coefficient (Wildman–Crippen LogP) is 3.08. The minimum absolute atomic E-state index is 0.0258. The molecule has 5 nitrogen and oxygen atoms in total. The van der Waals surface area contributed by atoms with E-state index < -0.39 is 0 Å². The highest BCUT2D eigenvalue weighted by Gasteiger charge is 2.11. The summed E-state index contributed by atoms with van der Waals surface area (Å²) in [5.74, 6) is 0.869. The molecule has 1 fully saturated rings. The molecule has 26 heavy (non-hydrogen) atoms. The van der Waals surface area contributed by atoms with Gasteiger partial charge in [0.1, 0.15) is 4.34 Å². The van der Waals surface area contributed by atoms with Crippen LogP contribution in [0.4, 0.5) is 0 Å². The first-order valence-electron chi connectivity index (χ1n) is 8.57. The van der Waals surface area contributed by atoms with Crippen molar-refractivity contribution in [2.75, 3.05) is 39.4 Å². The lowest BCUT2D eigenvalue weighted by atomic mass is 10.2. The lowest BCUT2D eigenvalue weighted by Crippen LogP contribution is -2.41. The maximum absolute atomic E-state index is 12.1. The van der Waals surface area contributed by atoms with Crippen molar-refractivity contribution in [2.45, 2.75) is 16.5 Å². The number of benzene rings is 1. The first-order chi connectivity index (χ1) is 12.7. The summed E-state index contributed by atoms with van der Waals surface area (Å²) in [5.41, 5.74) is 2.04. The third kappa shape index (κ3) is 6.55. The molecule has 8 heteroatoms. The standard InChI is InChI=1S/C18H22ClN3O2S2/c19-15-3-1-14(2-4-15)12-25-18-21-16(13-26-18)11-17(23)20-5-6-22-7-9-24-10-8-22/h1-4,13H,5-12H2,(H,20,23). The lowest BCUT2D eigenvalue weighted by Gasteiger charge is -2.26. The van der Waals surface area contributed by atoms with Crippen molar-refractivity contribution < 1.29 is 9.53 Å². The van der Waals surface area contributed by atoms with Gasteiger partial charge in [0.2, 0.25) is 5.91 Å². The van der Waals surface area contributed by atoms with Gasteiger partial charge in [0.25, 0.3) is 0 Å². The molecule has 0 atom stereocenters. The number of carbonyl (C=O) groups is 1. The molecular weight excluding hydrogens is 390 g/mol. The minimum Gasteiger partial charge on any atom is -0.379 e. The van der Waals surface area contributed by atoms with Gasteiger partial charge in [-0.1, -0.05) is 35.5 Å². The Morgan fingerprint density at radius 1 is 1.31 bits per heavy atom. The Labute approximate surface area is 167 Å². The summed E-state index contributed by atoms with van der Waals surface area (Å²) >= 11 is 9.16. The Morgan fingerprint density at radius 2 is 2.08 bits per heavy atom. The molecule has 1 aliphatic rings. The molecule has 1 N–H and O–H groups in total. The van der Waals surface area contributed by atoms with E-state index in [1.807, 2.05) is 29.6 Å². The number of amides is 1. The van der Waals surface area contributed by atoms with E-state index in [1.165, 1.54) is 5.56 Å². The number of hydrogen-bond donors (Lipinski definition) is 1. The third-order valence-electron chi connectivity index (χ3n) is 4.00. The van der Waals surface area contributed by atoms with E-state index in [2.05, 4.69) is 15.2 Å². The van der Waals surface area contributed by atoms with Crippen molar-refractivity contribution in [3.8, 4) is 0 Å². The van der Waals surface area contributed by atoms with Crippen LogP contribution in [0.3, 0.4) is 0 Å². The molecule has 140 valence electrons. The fourth-order valence-electron chi connectivity index (χ4n) is 2.57. The summed E-state index contributed by atoms with van der Waals surface area (Å²) in [7, 11) is 0. The van der Waals surface area contributed by atoms with Crippen LogP contribution in [0.15, 0.2) is 34.0 Å². The number of nitrogens with one attached hydrogen (secondary N) is 1. The molecule has 2 aromatic rings. The molecule has 0 bridgehead atoms. The van der Waals surface area contributed by atoms with Crippen molar-refractivity contribution in [3.05, 3.63) is 45.9 Å². The summed E-state index contributed by atoms with van der Waals surface area (Å²) in [6.07, 6.45) is 0.334. The van der Waals surface area contributed by atoms with Crippen LogP contribution in [0.2, 0.25) is 5.02 Å². The second-order valence-corrected chi connectivity index (χ2v) is 8.52. The number of ether oxygens (including phenoxy) is 1. The number of thioether (sulfide) groups is 1. The molecule has 2 heterocycles. The van der Waals surface area contributed by atoms with E-state index in [0.717, 1.165) is 53.7 Å². The number of aromatic nitrogens is 1. The normalized spacial score (nSPS) is 15.1. The molecule has 3 rings (SSSR count). The monoisotopic (exact) mass is 411 g/mol. The Kier molecular flexibility index (Phi) is 7.76. The lowest BCUT2D eigenvalue weighted by molar-refractivity contribution is -0.120. The summed E-state index contributed by atoms with van der Waals surface area (Å²) in [6.45, 7) is 4.98. The highest BCUT2D eigenvalue weighted by atomic mass is 35.5. The number of thiazole rings is 1. The Balaban J connectivity index is 1.37. The highest BCUT2D eigenvalue weighted by molar-refractivity contribution is 8.00. The molecule has 0 radical (unpaired) electrons. The van der Waals surface area contributed by atoms with Gasteiger partial charge in [0.15, 0.2) is 0 Å². The summed E-state index contributed by atoms with van der Waals surface area (Å²) in [4.78, 5) is 18.9. The van der Waals surface area contributed by atoms with Gasteiger partial charge in [0.05, 0.1) is 25.3 Å². The maximum atomic E-state index is 12.1. The van der Waals surface area contributed by atoms with Crippen molar-refractivity contribution in [3.63, 3.8) is 0 Å². The summed E-state index contributed by atoms with van der Waals surface area (Å²) < 4.78 is 6.30. The SMILES string of the molecule is O=C(Cc1csc(SCc2ccc(Cl)cc2)n1)NCCN1CCOCC1. The fraction of sp³-hybridized carbons (Fsp3) is 0.444. The Bertz CT molecular complexity index is 703. The highest BCUT2D eigenvalue weighted by Crippen LogP contribution is 2.26. The minimum atomic E-state index is 0.0258.